The predicted octanol–water partition coefficient (Wildman–Crippen LogP) is 1.52. The van der Waals surface area contributed by atoms with Crippen LogP contribution in [0.2, 0.25) is 0 Å². The van der Waals surface area contributed by atoms with Crippen LogP contribution in [0.25, 0.3) is 0 Å². The molecule has 1 aromatic rings. The molecule has 0 aliphatic carbocycles. The Bertz CT molecular complexity index is 263. The highest BCUT2D eigenvalue weighted by atomic mass is 16.5. The van der Waals surface area contributed by atoms with Crippen molar-refractivity contribution >= 4 is 0 Å². The average molecular weight is 177 g/mol. The van der Waals surface area contributed by atoms with Crippen LogP contribution in [0, 0.1) is 0 Å². The quantitative estimate of drug-likeness (QED) is 0.705. The maximum absolute atomic E-state index is 5.98. The maximum atomic E-state index is 5.98. The van der Waals surface area contributed by atoms with Crippen LogP contribution >= 0.6 is 0 Å². The van der Waals surface area contributed by atoms with Gasteiger partial charge in [0.25, 0.3) is 0 Å². The molecule has 3 atom stereocenters. The molecule has 0 amide bonds. The minimum Gasteiger partial charge on any atom is -0.376 e. The van der Waals surface area contributed by atoms with E-state index >= 15 is 0 Å². The summed E-state index contributed by atoms with van der Waals surface area (Å²) in [5.74, 6) is 0.362. The first-order valence-corrected chi connectivity index (χ1v) is 4.71. The summed E-state index contributed by atoms with van der Waals surface area (Å²) in [5, 5.41) is 0. The third-order valence-corrected chi connectivity index (χ3v) is 2.70. The van der Waals surface area contributed by atoms with Crippen molar-refractivity contribution in [3.05, 3.63) is 35.9 Å². The molecule has 70 valence electrons. The Morgan fingerprint density at radius 2 is 2.00 bits per heavy atom. The SMILES string of the molecule is C[C@@H]1OC[C@@H](N)[C@@H]1c1ccccc1. The van der Waals surface area contributed by atoms with Crippen LogP contribution in [0.1, 0.15) is 18.4 Å². The van der Waals surface area contributed by atoms with Gasteiger partial charge in [0, 0.05) is 12.0 Å². The number of ether oxygens (including phenoxy) is 1. The molecule has 2 N–H and O–H groups in total. The molecule has 1 aliphatic rings. The molecule has 0 aromatic heterocycles. The highest BCUT2D eigenvalue weighted by molar-refractivity contribution is 5.23. The number of hydrogen-bond donors (Lipinski definition) is 1. The van der Waals surface area contributed by atoms with E-state index in [4.69, 9.17) is 10.5 Å². The second-order valence-electron chi connectivity index (χ2n) is 3.64. The van der Waals surface area contributed by atoms with Crippen LogP contribution in [0.5, 0.6) is 0 Å². The molecule has 1 saturated heterocycles. The van der Waals surface area contributed by atoms with Gasteiger partial charge in [0.15, 0.2) is 0 Å². The lowest BCUT2D eigenvalue weighted by atomic mass is 9.90. The highest BCUT2D eigenvalue weighted by Gasteiger charge is 2.32. The third kappa shape index (κ3) is 1.60. The van der Waals surface area contributed by atoms with Crippen molar-refractivity contribution in [1.29, 1.82) is 0 Å². The summed E-state index contributed by atoms with van der Waals surface area (Å²) in [6, 6.07) is 10.5. The number of hydrogen-bond acceptors (Lipinski definition) is 2. The lowest BCUT2D eigenvalue weighted by Gasteiger charge is -2.17. The highest BCUT2D eigenvalue weighted by Crippen LogP contribution is 2.29. The third-order valence-electron chi connectivity index (χ3n) is 2.70. The van der Waals surface area contributed by atoms with Crippen LogP contribution in [0.15, 0.2) is 30.3 Å². The molecule has 0 unspecified atom stereocenters. The van der Waals surface area contributed by atoms with Gasteiger partial charge in [-0.3, -0.25) is 0 Å². The number of rotatable bonds is 1. The van der Waals surface area contributed by atoms with Gasteiger partial charge in [0.2, 0.25) is 0 Å². The molecule has 1 heterocycles. The molecule has 0 spiro atoms. The van der Waals surface area contributed by atoms with Crippen molar-refractivity contribution in [2.75, 3.05) is 6.61 Å². The molecule has 1 aromatic carbocycles. The largest absolute Gasteiger partial charge is 0.376 e. The zero-order chi connectivity index (χ0) is 9.26. The lowest BCUT2D eigenvalue weighted by Crippen LogP contribution is -2.28. The van der Waals surface area contributed by atoms with E-state index in [2.05, 4.69) is 19.1 Å². The standard InChI is InChI=1S/C11H15NO/c1-8-11(10(12)7-13-8)9-5-3-2-4-6-9/h2-6,8,10-11H,7,12H2,1H3/t8-,10+,11-/m0/s1. The van der Waals surface area contributed by atoms with E-state index in [-0.39, 0.29) is 12.1 Å². The van der Waals surface area contributed by atoms with Crippen molar-refractivity contribution in [2.24, 2.45) is 5.73 Å². The zero-order valence-electron chi connectivity index (χ0n) is 7.81. The van der Waals surface area contributed by atoms with Crippen molar-refractivity contribution in [2.45, 2.75) is 25.0 Å². The smallest absolute Gasteiger partial charge is 0.0632 e. The van der Waals surface area contributed by atoms with Crippen molar-refractivity contribution < 1.29 is 4.74 Å². The fraction of sp³-hybridized carbons (Fsp3) is 0.455. The summed E-state index contributed by atoms with van der Waals surface area (Å²) >= 11 is 0. The minimum absolute atomic E-state index is 0.150. The molecule has 0 bridgehead atoms. The summed E-state index contributed by atoms with van der Waals surface area (Å²) in [6.45, 7) is 2.77. The number of nitrogens with two attached hydrogens (primary N) is 1. The van der Waals surface area contributed by atoms with Gasteiger partial charge in [0.05, 0.1) is 12.7 Å². The molecule has 0 saturated carbocycles. The Balaban J connectivity index is 2.25. The van der Waals surface area contributed by atoms with Gasteiger partial charge >= 0.3 is 0 Å². The van der Waals surface area contributed by atoms with E-state index < -0.39 is 0 Å². The molecule has 1 aliphatic heterocycles. The first-order chi connectivity index (χ1) is 6.29. The summed E-state index contributed by atoms with van der Waals surface area (Å²) in [4.78, 5) is 0. The van der Waals surface area contributed by atoms with Crippen molar-refractivity contribution in [1.82, 2.24) is 0 Å². The molecule has 13 heavy (non-hydrogen) atoms. The van der Waals surface area contributed by atoms with Crippen LogP contribution in [0.4, 0.5) is 0 Å². The van der Waals surface area contributed by atoms with Gasteiger partial charge in [-0.25, -0.2) is 0 Å². The van der Waals surface area contributed by atoms with Crippen molar-refractivity contribution in [3.63, 3.8) is 0 Å². The second-order valence-corrected chi connectivity index (χ2v) is 3.64. The van der Waals surface area contributed by atoms with E-state index in [9.17, 15) is 0 Å². The van der Waals surface area contributed by atoms with Gasteiger partial charge in [-0.2, -0.15) is 0 Å². The van der Waals surface area contributed by atoms with E-state index in [1.807, 2.05) is 18.2 Å². The van der Waals surface area contributed by atoms with Gasteiger partial charge < -0.3 is 10.5 Å². The van der Waals surface area contributed by atoms with Gasteiger partial charge in [0.1, 0.15) is 0 Å². The Labute approximate surface area is 78.7 Å². The molecule has 1 fully saturated rings. The van der Waals surface area contributed by atoms with Crippen LogP contribution in [-0.4, -0.2) is 18.8 Å². The number of benzene rings is 1. The zero-order valence-corrected chi connectivity index (χ0v) is 7.81. The van der Waals surface area contributed by atoms with E-state index in [1.54, 1.807) is 0 Å². The van der Waals surface area contributed by atoms with Gasteiger partial charge in [-0.15, -0.1) is 0 Å². The van der Waals surface area contributed by atoms with E-state index in [0.717, 1.165) is 0 Å². The average Bonchev–Trinajstić information content (AvgIpc) is 2.48. The summed E-state index contributed by atoms with van der Waals surface area (Å²) in [7, 11) is 0. The molecule has 0 radical (unpaired) electrons. The Morgan fingerprint density at radius 1 is 1.31 bits per heavy atom. The summed E-state index contributed by atoms with van der Waals surface area (Å²) in [6.07, 6.45) is 0.248. The van der Waals surface area contributed by atoms with Gasteiger partial charge in [-0.1, -0.05) is 30.3 Å². The minimum atomic E-state index is 0.150. The first kappa shape index (κ1) is 8.73. The predicted molar refractivity (Wildman–Crippen MR) is 52.6 cm³/mol. The second kappa shape index (κ2) is 3.48. The Morgan fingerprint density at radius 3 is 2.54 bits per heavy atom. The lowest BCUT2D eigenvalue weighted by molar-refractivity contribution is 0.117. The fourth-order valence-corrected chi connectivity index (χ4v) is 2.01. The van der Waals surface area contributed by atoms with E-state index in [0.29, 0.717) is 12.5 Å². The van der Waals surface area contributed by atoms with Gasteiger partial charge in [-0.05, 0) is 12.5 Å². The summed E-state index contributed by atoms with van der Waals surface area (Å²) in [5.41, 5.74) is 7.27. The molecular weight excluding hydrogens is 162 g/mol. The molecule has 2 rings (SSSR count). The topological polar surface area (TPSA) is 35.2 Å². The van der Waals surface area contributed by atoms with Crippen LogP contribution in [-0.2, 0) is 4.74 Å². The Kier molecular flexibility index (Phi) is 2.34. The van der Waals surface area contributed by atoms with Crippen molar-refractivity contribution in [3.8, 4) is 0 Å². The molecule has 2 nitrogen and oxygen atoms in total. The monoisotopic (exact) mass is 177 g/mol. The normalized spacial score (nSPS) is 33.5. The first-order valence-electron chi connectivity index (χ1n) is 4.71. The summed E-state index contributed by atoms with van der Waals surface area (Å²) < 4.78 is 5.51. The van der Waals surface area contributed by atoms with Crippen LogP contribution < -0.4 is 5.73 Å². The fourth-order valence-electron chi connectivity index (χ4n) is 2.01. The Hall–Kier alpha value is -0.860. The molecule has 2 heteroatoms. The van der Waals surface area contributed by atoms with Crippen LogP contribution in [0.3, 0.4) is 0 Å². The maximum Gasteiger partial charge on any atom is 0.0632 e. The molecular formula is C11H15NO. The van der Waals surface area contributed by atoms with E-state index in [1.165, 1.54) is 5.56 Å².